The Morgan fingerprint density at radius 3 is 2.43 bits per heavy atom. The van der Waals surface area contributed by atoms with E-state index in [9.17, 15) is 14.4 Å². The van der Waals surface area contributed by atoms with Crippen molar-refractivity contribution in [3.8, 4) is 11.5 Å². The number of amides is 3. The molecule has 4 rings (SSSR count). The quantitative estimate of drug-likeness (QED) is 0.626. The summed E-state index contributed by atoms with van der Waals surface area (Å²) < 4.78 is 11.7. The molecule has 2 atom stereocenters. The smallest absolute Gasteiger partial charge is 0.263 e. The molecule has 8 heteroatoms. The number of carbonyl (C=O) groups is 3. The summed E-state index contributed by atoms with van der Waals surface area (Å²) in [5.41, 5.74) is 1.28. The third-order valence-electron chi connectivity index (χ3n) is 6.59. The normalized spacial score (nSPS) is 19.4. The van der Waals surface area contributed by atoms with Gasteiger partial charge in [0.05, 0.1) is 30.4 Å². The molecular weight excluding hydrogens is 446 g/mol. The summed E-state index contributed by atoms with van der Waals surface area (Å²) >= 11 is 0. The van der Waals surface area contributed by atoms with Gasteiger partial charge >= 0.3 is 0 Å². The Balaban J connectivity index is 1.55. The molecule has 2 heterocycles. The fourth-order valence-electron chi connectivity index (χ4n) is 4.65. The number of rotatable bonds is 8. The van der Waals surface area contributed by atoms with Crippen LogP contribution in [-0.2, 0) is 14.4 Å². The van der Waals surface area contributed by atoms with E-state index in [0.717, 1.165) is 12.8 Å². The van der Waals surface area contributed by atoms with Gasteiger partial charge in [-0.1, -0.05) is 38.1 Å². The van der Waals surface area contributed by atoms with Gasteiger partial charge in [-0.15, -0.1) is 0 Å². The number of benzene rings is 2. The average molecular weight is 480 g/mol. The maximum Gasteiger partial charge on any atom is 0.263 e. The van der Waals surface area contributed by atoms with Crippen molar-refractivity contribution in [1.29, 1.82) is 0 Å². The van der Waals surface area contributed by atoms with Crippen LogP contribution in [0.15, 0.2) is 48.5 Å². The van der Waals surface area contributed by atoms with E-state index in [1.807, 2.05) is 57.2 Å². The summed E-state index contributed by atoms with van der Waals surface area (Å²) in [6.45, 7) is 6.77. The zero-order valence-corrected chi connectivity index (χ0v) is 20.5. The van der Waals surface area contributed by atoms with Crippen LogP contribution in [0.5, 0.6) is 11.5 Å². The Hall–Kier alpha value is -3.55. The van der Waals surface area contributed by atoms with Crippen LogP contribution in [0.2, 0.25) is 0 Å². The van der Waals surface area contributed by atoms with Gasteiger partial charge in [0.25, 0.3) is 5.91 Å². The molecule has 2 aliphatic heterocycles. The lowest BCUT2D eigenvalue weighted by Gasteiger charge is -2.35. The van der Waals surface area contributed by atoms with Gasteiger partial charge in [-0.05, 0) is 44.0 Å². The van der Waals surface area contributed by atoms with E-state index in [2.05, 4.69) is 5.32 Å². The number of ether oxygens (including phenoxy) is 2. The summed E-state index contributed by atoms with van der Waals surface area (Å²) in [5.74, 6) is 0.0173. The van der Waals surface area contributed by atoms with Gasteiger partial charge in [0.2, 0.25) is 11.8 Å². The van der Waals surface area contributed by atoms with Crippen molar-refractivity contribution in [3.05, 3.63) is 48.5 Å². The highest BCUT2D eigenvalue weighted by Crippen LogP contribution is 2.37. The van der Waals surface area contributed by atoms with Gasteiger partial charge in [-0.3, -0.25) is 14.4 Å². The maximum absolute atomic E-state index is 13.7. The van der Waals surface area contributed by atoms with Crippen molar-refractivity contribution in [2.75, 3.05) is 29.5 Å². The fraction of sp³-hybridized carbons (Fsp3) is 0.444. The van der Waals surface area contributed by atoms with Crippen LogP contribution in [-0.4, -0.2) is 49.6 Å². The molecule has 0 radical (unpaired) electrons. The van der Waals surface area contributed by atoms with E-state index in [1.54, 1.807) is 21.9 Å². The summed E-state index contributed by atoms with van der Waals surface area (Å²) in [6, 6.07) is 14.6. The highest BCUT2D eigenvalue weighted by molar-refractivity contribution is 6.06. The van der Waals surface area contributed by atoms with E-state index < -0.39 is 12.0 Å². The van der Waals surface area contributed by atoms with E-state index in [4.69, 9.17) is 9.47 Å². The maximum atomic E-state index is 13.7. The molecule has 2 aliphatic rings. The van der Waals surface area contributed by atoms with Crippen LogP contribution >= 0.6 is 0 Å². The first-order chi connectivity index (χ1) is 17.0. The van der Waals surface area contributed by atoms with Gasteiger partial charge in [0.1, 0.15) is 11.5 Å². The Kier molecular flexibility index (Phi) is 7.58. The standard InChI is InChI=1S/C27H33N3O5/c1-4-19(5-2)28-26(32)24-17-30(21-12-8-10-14-23(21)35-24)27(33)18-15-25(31)29(16-18)20-11-7-9-13-22(20)34-6-3/h7-14,18-19,24H,4-6,15-17H2,1-3H3,(H,28,32). The molecule has 8 nitrogen and oxygen atoms in total. The van der Waals surface area contributed by atoms with Crippen LogP contribution in [0.25, 0.3) is 0 Å². The Morgan fingerprint density at radius 1 is 1.03 bits per heavy atom. The van der Waals surface area contributed by atoms with E-state index in [1.165, 1.54) is 0 Å². The largest absolute Gasteiger partial charge is 0.492 e. The van der Waals surface area contributed by atoms with Crippen LogP contribution in [0.4, 0.5) is 11.4 Å². The van der Waals surface area contributed by atoms with E-state index >= 15 is 0 Å². The summed E-state index contributed by atoms with van der Waals surface area (Å²) in [7, 11) is 0. The number of anilines is 2. The first-order valence-electron chi connectivity index (χ1n) is 12.4. The predicted octanol–water partition coefficient (Wildman–Crippen LogP) is 3.54. The minimum absolute atomic E-state index is 0.0545. The Labute approximate surface area is 206 Å². The first kappa shape index (κ1) is 24.6. The molecule has 0 aromatic heterocycles. The minimum atomic E-state index is -0.818. The van der Waals surface area contributed by atoms with Crippen molar-refractivity contribution < 1.29 is 23.9 Å². The molecule has 0 saturated carbocycles. The van der Waals surface area contributed by atoms with Crippen molar-refractivity contribution in [2.24, 2.45) is 5.92 Å². The molecule has 2 aromatic carbocycles. The van der Waals surface area contributed by atoms with E-state index in [-0.39, 0.29) is 43.3 Å². The van der Waals surface area contributed by atoms with Crippen molar-refractivity contribution >= 4 is 29.1 Å². The third-order valence-corrected chi connectivity index (χ3v) is 6.59. The number of para-hydroxylation sites is 4. The van der Waals surface area contributed by atoms with Crippen LogP contribution in [0.3, 0.4) is 0 Å². The van der Waals surface area contributed by atoms with Crippen molar-refractivity contribution in [1.82, 2.24) is 5.32 Å². The SMILES string of the molecule is CCOc1ccccc1N1CC(C(=O)N2CC(C(=O)NC(CC)CC)Oc3ccccc32)CC1=O. The van der Waals surface area contributed by atoms with Crippen molar-refractivity contribution in [3.63, 3.8) is 0 Å². The molecule has 0 spiro atoms. The van der Waals surface area contributed by atoms with E-state index in [0.29, 0.717) is 29.5 Å². The van der Waals surface area contributed by atoms with Crippen LogP contribution in [0.1, 0.15) is 40.0 Å². The fourth-order valence-corrected chi connectivity index (χ4v) is 4.65. The average Bonchev–Trinajstić information content (AvgIpc) is 3.27. The van der Waals surface area contributed by atoms with Gasteiger partial charge < -0.3 is 24.6 Å². The minimum Gasteiger partial charge on any atom is -0.492 e. The lowest BCUT2D eigenvalue weighted by molar-refractivity contribution is -0.129. The molecule has 0 bridgehead atoms. The summed E-state index contributed by atoms with van der Waals surface area (Å²) in [6.07, 6.45) is 0.916. The Morgan fingerprint density at radius 2 is 1.71 bits per heavy atom. The van der Waals surface area contributed by atoms with Gasteiger partial charge in [0.15, 0.2) is 6.10 Å². The Bertz CT molecular complexity index is 1080. The molecular formula is C27H33N3O5. The second-order valence-corrected chi connectivity index (χ2v) is 8.85. The topological polar surface area (TPSA) is 88.2 Å². The van der Waals surface area contributed by atoms with Gasteiger partial charge in [-0.25, -0.2) is 0 Å². The number of nitrogens with one attached hydrogen (secondary N) is 1. The molecule has 2 unspecified atom stereocenters. The lowest BCUT2D eigenvalue weighted by Crippen LogP contribution is -2.53. The van der Waals surface area contributed by atoms with Gasteiger partial charge in [-0.2, -0.15) is 0 Å². The predicted molar refractivity (Wildman–Crippen MR) is 134 cm³/mol. The summed E-state index contributed by atoms with van der Waals surface area (Å²) in [4.78, 5) is 42.9. The number of hydrogen-bond acceptors (Lipinski definition) is 5. The number of carbonyl (C=O) groups excluding carboxylic acids is 3. The molecule has 3 amide bonds. The second kappa shape index (κ2) is 10.8. The highest BCUT2D eigenvalue weighted by atomic mass is 16.5. The molecule has 2 aromatic rings. The third kappa shape index (κ3) is 5.11. The molecule has 1 fully saturated rings. The van der Waals surface area contributed by atoms with Crippen LogP contribution in [0, 0.1) is 5.92 Å². The summed E-state index contributed by atoms with van der Waals surface area (Å²) in [5, 5.41) is 3.02. The zero-order valence-electron chi connectivity index (χ0n) is 20.5. The molecule has 186 valence electrons. The van der Waals surface area contributed by atoms with Crippen LogP contribution < -0.4 is 24.6 Å². The number of fused-ring (bicyclic) bond motifs is 1. The lowest BCUT2D eigenvalue weighted by atomic mass is 10.0. The zero-order chi connectivity index (χ0) is 24.9. The number of hydrogen-bond donors (Lipinski definition) is 1. The molecule has 35 heavy (non-hydrogen) atoms. The molecule has 1 N–H and O–H groups in total. The molecule has 0 aliphatic carbocycles. The first-order valence-corrected chi connectivity index (χ1v) is 12.4. The van der Waals surface area contributed by atoms with Crippen molar-refractivity contribution in [2.45, 2.75) is 52.2 Å². The monoisotopic (exact) mass is 479 g/mol. The highest BCUT2D eigenvalue weighted by Gasteiger charge is 2.42. The second-order valence-electron chi connectivity index (χ2n) is 8.85. The molecule has 1 saturated heterocycles. The number of nitrogens with zero attached hydrogens (tertiary/aromatic N) is 2. The van der Waals surface area contributed by atoms with Gasteiger partial charge in [0, 0.05) is 19.0 Å².